The molecule has 3 N–H and O–H groups in total. The van der Waals surface area contributed by atoms with Gasteiger partial charge in [-0.2, -0.15) is 0 Å². The van der Waals surface area contributed by atoms with Crippen LogP contribution in [-0.4, -0.2) is 34.0 Å². The number of rotatable bonds is 4. The molecular weight excluding hydrogens is 415 g/mol. The molecule has 0 aliphatic carbocycles. The number of sulfonamides is 1. The molecule has 0 heterocycles. The Hall–Kier alpha value is -0.870. The van der Waals surface area contributed by atoms with Gasteiger partial charge in [0.25, 0.3) is 0 Å². The minimum Gasteiger partial charge on any atom is -0.352 e. The average molecular weight is 440 g/mol. The quantitative estimate of drug-likeness (QED) is 0.378. The van der Waals surface area contributed by atoms with E-state index >= 15 is 0 Å². The van der Waals surface area contributed by atoms with Gasteiger partial charge in [0.15, 0.2) is 5.96 Å². The summed E-state index contributed by atoms with van der Waals surface area (Å²) >= 11 is 0. The van der Waals surface area contributed by atoms with Crippen LogP contribution < -0.4 is 15.4 Å². The number of guanidine groups is 1. The lowest BCUT2D eigenvalue weighted by Gasteiger charge is -2.23. The summed E-state index contributed by atoms with van der Waals surface area (Å²) < 4.78 is 25.5. The number of nitrogens with one attached hydrogen (secondary N) is 3. The first kappa shape index (κ1) is 21.1. The monoisotopic (exact) mass is 440 g/mol. The molecule has 0 amide bonds. The van der Waals surface area contributed by atoms with E-state index in [2.05, 4.69) is 41.1 Å². The molecule has 1 aromatic carbocycles. The first-order valence-corrected chi connectivity index (χ1v) is 8.17. The maximum absolute atomic E-state index is 11.6. The third kappa shape index (κ3) is 6.93. The van der Waals surface area contributed by atoms with Crippen LogP contribution in [0.3, 0.4) is 0 Å². The molecule has 6 nitrogen and oxygen atoms in total. The molecule has 0 spiro atoms. The molecule has 0 saturated heterocycles. The zero-order valence-electron chi connectivity index (χ0n) is 13.6. The Morgan fingerprint density at radius 2 is 1.73 bits per heavy atom. The summed E-state index contributed by atoms with van der Waals surface area (Å²) in [5.41, 5.74) is 0.897. The van der Waals surface area contributed by atoms with Gasteiger partial charge >= 0.3 is 0 Å². The minimum atomic E-state index is -3.38. The van der Waals surface area contributed by atoms with Crippen molar-refractivity contribution in [1.82, 2.24) is 15.4 Å². The Morgan fingerprint density at radius 3 is 2.14 bits per heavy atom. The second-order valence-electron chi connectivity index (χ2n) is 5.65. The molecular formula is C14H25IN4O2S. The molecule has 22 heavy (non-hydrogen) atoms. The van der Waals surface area contributed by atoms with Crippen molar-refractivity contribution in [2.45, 2.75) is 37.8 Å². The van der Waals surface area contributed by atoms with Crippen molar-refractivity contribution in [3.63, 3.8) is 0 Å². The van der Waals surface area contributed by atoms with Crippen LogP contribution in [0.1, 0.15) is 26.3 Å². The summed E-state index contributed by atoms with van der Waals surface area (Å²) in [4.78, 5) is 4.40. The van der Waals surface area contributed by atoms with E-state index in [9.17, 15) is 8.42 Å². The normalized spacial score (nSPS) is 12.5. The Balaban J connectivity index is 0.00000441. The number of halogens is 1. The van der Waals surface area contributed by atoms with Gasteiger partial charge < -0.3 is 10.6 Å². The highest BCUT2D eigenvalue weighted by Gasteiger charge is 2.12. The smallest absolute Gasteiger partial charge is 0.240 e. The largest absolute Gasteiger partial charge is 0.352 e. The lowest BCUT2D eigenvalue weighted by molar-refractivity contribution is 0.501. The highest BCUT2D eigenvalue weighted by Crippen LogP contribution is 2.10. The van der Waals surface area contributed by atoms with E-state index in [4.69, 9.17) is 0 Å². The van der Waals surface area contributed by atoms with Crippen LogP contribution >= 0.6 is 24.0 Å². The minimum absolute atomic E-state index is 0. The Bertz CT molecular complexity index is 592. The number of hydrogen-bond donors (Lipinski definition) is 3. The molecule has 0 atom stereocenters. The molecule has 0 fully saturated rings. The molecule has 1 aromatic rings. The van der Waals surface area contributed by atoms with Gasteiger partial charge in [0.2, 0.25) is 10.0 Å². The Kier molecular flexibility index (Phi) is 8.34. The average Bonchev–Trinajstić information content (AvgIpc) is 2.42. The Labute approximate surface area is 150 Å². The second kappa shape index (κ2) is 8.68. The number of hydrogen-bond acceptors (Lipinski definition) is 3. The van der Waals surface area contributed by atoms with Crippen LogP contribution in [0, 0.1) is 0 Å². The third-order valence-corrected chi connectivity index (χ3v) is 4.11. The van der Waals surface area contributed by atoms with Gasteiger partial charge in [0, 0.05) is 19.1 Å². The van der Waals surface area contributed by atoms with E-state index < -0.39 is 10.0 Å². The van der Waals surface area contributed by atoms with Crippen LogP contribution in [-0.2, 0) is 16.6 Å². The lowest BCUT2D eigenvalue weighted by atomic mass is 10.1. The Morgan fingerprint density at radius 1 is 1.18 bits per heavy atom. The summed E-state index contributed by atoms with van der Waals surface area (Å²) in [7, 11) is -0.274. The summed E-state index contributed by atoms with van der Waals surface area (Å²) in [6.07, 6.45) is 0. The van der Waals surface area contributed by atoms with Crippen molar-refractivity contribution in [1.29, 1.82) is 0 Å². The van der Waals surface area contributed by atoms with Gasteiger partial charge in [-0.25, -0.2) is 13.1 Å². The van der Waals surface area contributed by atoms with Gasteiger partial charge in [-0.3, -0.25) is 4.99 Å². The third-order valence-electron chi connectivity index (χ3n) is 2.68. The van der Waals surface area contributed by atoms with Crippen LogP contribution in [0.15, 0.2) is 34.2 Å². The summed E-state index contributed by atoms with van der Waals surface area (Å²) in [5, 5.41) is 6.44. The van der Waals surface area contributed by atoms with E-state index in [1.54, 1.807) is 31.3 Å². The zero-order valence-corrected chi connectivity index (χ0v) is 16.7. The van der Waals surface area contributed by atoms with E-state index in [0.29, 0.717) is 12.5 Å². The van der Waals surface area contributed by atoms with E-state index in [1.165, 1.54) is 7.05 Å². The maximum Gasteiger partial charge on any atom is 0.240 e. The fraction of sp³-hybridized carbons (Fsp3) is 0.500. The van der Waals surface area contributed by atoms with E-state index in [0.717, 1.165) is 5.56 Å². The van der Waals surface area contributed by atoms with Gasteiger partial charge in [0.05, 0.1) is 4.90 Å². The van der Waals surface area contributed by atoms with Crippen molar-refractivity contribution in [2.75, 3.05) is 14.1 Å². The first-order valence-electron chi connectivity index (χ1n) is 6.69. The number of nitrogens with zero attached hydrogens (tertiary/aromatic N) is 1. The van der Waals surface area contributed by atoms with Crippen molar-refractivity contribution in [3.8, 4) is 0 Å². The molecule has 0 bridgehead atoms. The van der Waals surface area contributed by atoms with Crippen molar-refractivity contribution in [3.05, 3.63) is 29.8 Å². The number of aliphatic imine (C=N–C) groups is 1. The van der Waals surface area contributed by atoms with Crippen LogP contribution in [0.5, 0.6) is 0 Å². The SMILES string of the molecule is CN=C(NCc1ccc(S(=O)(=O)NC)cc1)NC(C)(C)C.I. The van der Waals surface area contributed by atoms with Gasteiger partial charge in [0.1, 0.15) is 0 Å². The predicted octanol–water partition coefficient (Wildman–Crippen LogP) is 1.68. The zero-order chi connectivity index (χ0) is 16.1. The molecule has 0 radical (unpaired) electrons. The highest BCUT2D eigenvalue weighted by atomic mass is 127. The summed E-state index contributed by atoms with van der Waals surface area (Å²) in [6.45, 7) is 6.72. The van der Waals surface area contributed by atoms with Gasteiger partial charge in [-0.1, -0.05) is 12.1 Å². The molecule has 126 valence electrons. The lowest BCUT2D eigenvalue weighted by Crippen LogP contribution is -2.47. The fourth-order valence-electron chi connectivity index (χ4n) is 1.62. The van der Waals surface area contributed by atoms with E-state index in [-0.39, 0.29) is 34.4 Å². The standard InChI is InChI=1S/C14H24N4O2S.HI/c1-14(2,3)18-13(15-4)17-10-11-6-8-12(9-7-11)21(19,20)16-5;/h6-9,16H,10H2,1-5H3,(H2,15,17,18);1H. The molecule has 0 saturated carbocycles. The summed E-state index contributed by atoms with van der Waals surface area (Å²) in [6, 6.07) is 6.73. The highest BCUT2D eigenvalue weighted by molar-refractivity contribution is 14.0. The molecule has 0 aliphatic heterocycles. The topological polar surface area (TPSA) is 82.6 Å². The van der Waals surface area contributed by atoms with Gasteiger partial charge in [-0.15, -0.1) is 24.0 Å². The van der Waals surface area contributed by atoms with Crippen LogP contribution in [0.25, 0.3) is 0 Å². The molecule has 0 aliphatic rings. The van der Waals surface area contributed by atoms with E-state index in [1.807, 2.05) is 0 Å². The molecule has 8 heteroatoms. The second-order valence-corrected chi connectivity index (χ2v) is 7.54. The fourth-order valence-corrected chi connectivity index (χ4v) is 2.35. The van der Waals surface area contributed by atoms with Crippen molar-refractivity contribution < 1.29 is 8.42 Å². The molecule has 1 rings (SSSR count). The van der Waals surface area contributed by atoms with Gasteiger partial charge in [-0.05, 0) is 45.5 Å². The molecule has 0 unspecified atom stereocenters. The first-order chi connectivity index (χ1) is 9.68. The number of benzene rings is 1. The molecule has 0 aromatic heterocycles. The van der Waals surface area contributed by atoms with Crippen molar-refractivity contribution in [2.24, 2.45) is 4.99 Å². The van der Waals surface area contributed by atoms with Crippen LogP contribution in [0.2, 0.25) is 0 Å². The predicted molar refractivity (Wildman–Crippen MR) is 101 cm³/mol. The van der Waals surface area contributed by atoms with Crippen LogP contribution in [0.4, 0.5) is 0 Å². The summed E-state index contributed by atoms with van der Waals surface area (Å²) in [5.74, 6) is 0.703. The van der Waals surface area contributed by atoms with Crippen molar-refractivity contribution >= 4 is 40.0 Å². The maximum atomic E-state index is 11.6.